The van der Waals surface area contributed by atoms with E-state index >= 15 is 0 Å². The van der Waals surface area contributed by atoms with Gasteiger partial charge in [-0.15, -0.1) is 0 Å². The Morgan fingerprint density at radius 1 is 1.11 bits per heavy atom. The molecule has 2 atom stereocenters. The molecule has 0 aliphatic heterocycles. The van der Waals surface area contributed by atoms with Crippen LogP contribution in [-0.2, 0) is 4.74 Å². The number of hydrogen-bond acceptors (Lipinski definition) is 4. The Labute approximate surface area is 113 Å². The minimum atomic E-state index is -0.309. The van der Waals surface area contributed by atoms with Crippen molar-refractivity contribution in [3.63, 3.8) is 0 Å². The topological polar surface area (TPSA) is 44.8 Å². The molecule has 1 aromatic carbocycles. The van der Waals surface area contributed by atoms with E-state index in [1.54, 1.807) is 32.4 Å². The second-order valence-electron chi connectivity index (χ2n) is 5.05. The highest BCUT2D eigenvalue weighted by molar-refractivity contribution is 5.90. The molecule has 4 nitrogen and oxygen atoms in total. The summed E-state index contributed by atoms with van der Waals surface area (Å²) in [6.07, 6.45) is 3.07. The van der Waals surface area contributed by atoms with Gasteiger partial charge in [0.05, 0.1) is 19.8 Å². The van der Waals surface area contributed by atoms with Gasteiger partial charge in [0, 0.05) is 6.07 Å². The van der Waals surface area contributed by atoms with E-state index in [0.29, 0.717) is 23.0 Å². The number of hydrogen-bond donors (Lipinski definition) is 0. The molecule has 0 N–H and O–H groups in total. The van der Waals surface area contributed by atoms with Crippen molar-refractivity contribution in [2.45, 2.75) is 32.3 Å². The monoisotopic (exact) mass is 264 g/mol. The molecule has 104 valence electrons. The number of methoxy groups -OCH3 is 2. The van der Waals surface area contributed by atoms with Gasteiger partial charge in [0.2, 0.25) is 0 Å². The highest BCUT2D eigenvalue weighted by Gasteiger charge is 2.25. The van der Waals surface area contributed by atoms with Gasteiger partial charge in [-0.3, -0.25) is 0 Å². The Bertz CT molecular complexity index is 433. The normalized spacial score (nSPS) is 22.1. The van der Waals surface area contributed by atoms with Crippen molar-refractivity contribution < 1.29 is 19.0 Å². The summed E-state index contributed by atoms with van der Waals surface area (Å²) in [4.78, 5) is 12.1. The minimum Gasteiger partial charge on any atom is -0.497 e. The van der Waals surface area contributed by atoms with Crippen LogP contribution >= 0.6 is 0 Å². The van der Waals surface area contributed by atoms with Gasteiger partial charge in [0.25, 0.3) is 0 Å². The highest BCUT2D eigenvalue weighted by atomic mass is 16.5. The minimum absolute atomic E-state index is 0.0414. The fraction of sp³-hybridized carbons (Fsp3) is 0.533. The van der Waals surface area contributed by atoms with Gasteiger partial charge in [0.15, 0.2) is 0 Å². The molecule has 1 saturated carbocycles. The predicted molar refractivity (Wildman–Crippen MR) is 71.8 cm³/mol. The Balaban J connectivity index is 2.09. The van der Waals surface area contributed by atoms with Crippen molar-refractivity contribution in [3.05, 3.63) is 23.8 Å². The summed E-state index contributed by atoms with van der Waals surface area (Å²) >= 11 is 0. The van der Waals surface area contributed by atoms with Crippen LogP contribution < -0.4 is 9.47 Å². The maximum absolute atomic E-state index is 12.1. The molecule has 0 spiro atoms. The van der Waals surface area contributed by atoms with Crippen LogP contribution in [0.15, 0.2) is 18.2 Å². The molecule has 0 amide bonds. The highest BCUT2D eigenvalue weighted by Crippen LogP contribution is 2.29. The first-order valence-electron chi connectivity index (χ1n) is 6.56. The fourth-order valence-corrected chi connectivity index (χ4v) is 2.41. The zero-order chi connectivity index (χ0) is 13.8. The SMILES string of the molecule is COc1cc(OC)cc(C(=O)OC2CCC(C)C2)c1. The van der Waals surface area contributed by atoms with Crippen LogP contribution in [0.4, 0.5) is 0 Å². The predicted octanol–water partition coefficient (Wildman–Crippen LogP) is 3.05. The quantitative estimate of drug-likeness (QED) is 0.784. The molecule has 2 rings (SSSR count). The molecular weight excluding hydrogens is 244 g/mol. The molecule has 0 heterocycles. The molecule has 1 aliphatic rings. The summed E-state index contributed by atoms with van der Waals surface area (Å²) in [7, 11) is 3.12. The maximum atomic E-state index is 12.1. The molecule has 0 radical (unpaired) electrons. The molecule has 0 bridgehead atoms. The first-order chi connectivity index (χ1) is 9.12. The lowest BCUT2D eigenvalue weighted by Gasteiger charge is -2.13. The lowest BCUT2D eigenvalue weighted by molar-refractivity contribution is 0.0310. The number of benzene rings is 1. The van der Waals surface area contributed by atoms with Crippen LogP contribution in [-0.4, -0.2) is 26.3 Å². The van der Waals surface area contributed by atoms with Crippen LogP contribution in [0.3, 0.4) is 0 Å². The number of carbonyl (C=O) groups excluding carboxylic acids is 1. The van der Waals surface area contributed by atoms with Gasteiger partial charge in [-0.2, -0.15) is 0 Å². The van der Waals surface area contributed by atoms with Crippen LogP contribution in [0.2, 0.25) is 0 Å². The third kappa shape index (κ3) is 3.40. The Kier molecular flexibility index (Phi) is 4.30. The smallest absolute Gasteiger partial charge is 0.338 e. The van der Waals surface area contributed by atoms with E-state index in [0.717, 1.165) is 19.3 Å². The van der Waals surface area contributed by atoms with Gasteiger partial charge in [-0.05, 0) is 37.3 Å². The lowest BCUT2D eigenvalue weighted by Crippen LogP contribution is -2.15. The largest absolute Gasteiger partial charge is 0.497 e. The molecule has 4 heteroatoms. The van der Waals surface area contributed by atoms with E-state index in [-0.39, 0.29) is 12.1 Å². The van der Waals surface area contributed by atoms with Gasteiger partial charge in [0.1, 0.15) is 17.6 Å². The standard InChI is InChI=1S/C15H20O4/c1-10-4-5-12(6-10)19-15(16)11-7-13(17-2)9-14(8-11)18-3/h7-10,12H,4-6H2,1-3H3. The van der Waals surface area contributed by atoms with Crippen LogP contribution in [0.1, 0.15) is 36.5 Å². The number of carbonyl (C=O) groups is 1. The summed E-state index contributed by atoms with van der Waals surface area (Å²) in [5, 5.41) is 0. The fourth-order valence-electron chi connectivity index (χ4n) is 2.41. The summed E-state index contributed by atoms with van der Waals surface area (Å²) in [5.74, 6) is 1.51. The van der Waals surface area contributed by atoms with E-state index in [2.05, 4.69) is 6.92 Å². The van der Waals surface area contributed by atoms with Gasteiger partial charge >= 0.3 is 5.97 Å². The molecule has 2 unspecified atom stereocenters. The molecule has 19 heavy (non-hydrogen) atoms. The first-order valence-corrected chi connectivity index (χ1v) is 6.56. The zero-order valence-corrected chi connectivity index (χ0v) is 11.6. The van der Waals surface area contributed by atoms with Crippen molar-refractivity contribution >= 4 is 5.97 Å². The third-order valence-electron chi connectivity index (χ3n) is 3.51. The second kappa shape index (κ2) is 5.95. The van der Waals surface area contributed by atoms with Crippen molar-refractivity contribution in [2.75, 3.05) is 14.2 Å². The number of esters is 1. The molecule has 1 aromatic rings. The van der Waals surface area contributed by atoms with Gasteiger partial charge < -0.3 is 14.2 Å². The van der Waals surface area contributed by atoms with Crippen LogP contribution in [0.25, 0.3) is 0 Å². The maximum Gasteiger partial charge on any atom is 0.338 e. The van der Waals surface area contributed by atoms with E-state index in [9.17, 15) is 4.79 Å². The molecular formula is C15H20O4. The molecule has 0 aromatic heterocycles. The average Bonchev–Trinajstić information content (AvgIpc) is 2.83. The number of rotatable bonds is 4. The lowest BCUT2D eigenvalue weighted by atomic mass is 10.1. The van der Waals surface area contributed by atoms with E-state index in [4.69, 9.17) is 14.2 Å². The molecule has 0 saturated heterocycles. The summed E-state index contributed by atoms with van der Waals surface area (Å²) in [6, 6.07) is 5.07. The van der Waals surface area contributed by atoms with E-state index in [1.807, 2.05) is 0 Å². The van der Waals surface area contributed by atoms with Crippen LogP contribution in [0, 0.1) is 5.92 Å². The van der Waals surface area contributed by atoms with Gasteiger partial charge in [-0.25, -0.2) is 4.79 Å². The Hall–Kier alpha value is -1.71. The van der Waals surface area contributed by atoms with Crippen LogP contribution in [0.5, 0.6) is 11.5 Å². The molecule has 1 fully saturated rings. The van der Waals surface area contributed by atoms with Gasteiger partial charge in [-0.1, -0.05) is 6.92 Å². The van der Waals surface area contributed by atoms with E-state index < -0.39 is 0 Å². The van der Waals surface area contributed by atoms with Crippen molar-refractivity contribution in [1.82, 2.24) is 0 Å². The third-order valence-corrected chi connectivity index (χ3v) is 3.51. The van der Waals surface area contributed by atoms with Crippen molar-refractivity contribution in [2.24, 2.45) is 5.92 Å². The summed E-state index contributed by atoms with van der Waals surface area (Å²) in [6.45, 7) is 2.18. The van der Waals surface area contributed by atoms with Crippen molar-refractivity contribution in [1.29, 1.82) is 0 Å². The zero-order valence-electron chi connectivity index (χ0n) is 11.6. The Morgan fingerprint density at radius 2 is 1.74 bits per heavy atom. The molecule has 1 aliphatic carbocycles. The average molecular weight is 264 g/mol. The number of ether oxygens (including phenoxy) is 3. The van der Waals surface area contributed by atoms with Crippen molar-refractivity contribution in [3.8, 4) is 11.5 Å². The van der Waals surface area contributed by atoms with E-state index in [1.165, 1.54) is 0 Å². The summed E-state index contributed by atoms with van der Waals surface area (Å²) < 4.78 is 15.8. The summed E-state index contributed by atoms with van der Waals surface area (Å²) in [5.41, 5.74) is 0.468. The second-order valence-corrected chi connectivity index (χ2v) is 5.05. The first kappa shape index (κ1) is 13.7. The Morgan fingerprint density at radius 3 is 2.21 bits per heavy atom.